The van der Waals surface area contributed by atoms with Gasteiger partial charge < -0.3 is 20.8 Å². The van der Waals surface area contributed by atoms with Gasteiger partial charge in [-0.05, 0) is 0 Å². The average molecular weight is 281 g/mol. The molecule has 0 unspecified atom stereocenters. The summed E-state index contributed by atoms with van der Waals surface area (Å²) in [6.45, 7) is 23.7. The van der Waals surface area contributed by atoms with Crippen LogP contribution in [0.25, 0.3) is 0 Å². The van der Waals surface area contributed by atoms with E-state index in [-0.39, 0.29) is 54.8 Å². The largest absolute Gasteiger partial charge is 2.00 e. The van der Waals surface area contributed by atoms with Crippen LogP contribution < -0.4 is 37.7 Å². The fourth-order valence-corrected chi connectivity index (χ4v) is 0. The Bertz CT molecular complexity index is 54.0. The third kappa shape index (κ3) is 247. The molecule has 0 aliphatic heterocycles. The van der Waals surface area contributed by atoms with Crippen LogP contribution in [0.3, 0.4) is 0 Å². The minimum Gasteiger partial charge on any atom is -0.343 e. The molecule has 3 heteroatoms. The van der Waals surface area contributed by atoms with Crippen molar-refractivity contribution in [3.63, 3.8) is 0 Å². The van der Waals surface area contributed by atoms with Crippen molar-refractivity contribution < 1.29 is 54.8 Å². The van der Waals surface area contributed by atoms with Crippen LogP contribution in [0.4, 0.5) is 0 Å². The standard InChI is InChI=1S/3C4H9.C3H5.2Li.Mn/c3*1-3-4-2;1-3-2;;;/h3*1,3-4H2,2H3;3H,1-2H2;;;/q4*-1;2*+1;+2. The maximum absolute atomic E-state index is 3.60. The monoisotopic (exact) mass is 281 g/mol. The Labute approximate surface area is 153 Å². The van der Waals surface area contributed by atoms with Crippen molar-refractivity contribution in [3.8, 4) is 0 Å². The van der Waals surface area contributed by atoms with Crippen LogP contribution in [0.15, 0.2) is 12.7 Å². The van der Waals surface area contributed by atoms with Crippen LogP contribution in [-0.4, -0.2) is 0 Å². The minimum absolute atomic E-state index is 0. The first kappa shape index (κ1) is 42.7. The molecule has 0 N–H and O–H groups in total. The van der Waals surface area contributed by atoms with Gasteiger partial charge in [0.25, 0.3) is 0 Å². The molecule has 0 nitrogen and oxygen atoms in total. The summed E-state index contributed by atoms with van der Waals surface area (Å²) in [5, 5.41) is 0. The summed E-state index contributed by atoms with van der Waals surface area (Å²) in [6, 6.07) is 0. The van der Waals surface area contributed by atoms with Crippen molar-refractivity contribution in [2.45, 2.75) is 59.3 Å². The first-order chi connectivity index (χ1) is 7.16. The first-order valence-corrected chi connectivity index (χ1v) is 5.94. The van der Waals surface area contributed by atoms with Crippen molar-refractivity contribution in [2.75, 3.05) is 0 Å². The summed E-state index contributed by atoms with van der Waals surface area (Å²) in [5.74, 6) is 0. The van der Waals surface area contributed by atoms with Crippen LogP contribution in [0.5, 0.6) is 0 Å². The maximum Gasteiger partial charge on any atom is 2.00 e. The van der Waals surface area contributed by atoms with Gasteiger partial charge in [-0.25, -0.2) is 19.6 Å². The Kier molecular flexibility index (Phi) is 188. The summed E-state index contributed by atoms with van der Waals surface area (Å²) in [5.41, 5.74) is 0. The molecule has 0 aliphatic carbocycles. The van der Waals surface area contributed by atoms with Crippen LogP contribution in [0.2, 0.25) is 0 Å². The molecule has 0 saturated carbocycles. The Balaban J connectivity index is -0.0000000171. The van der Waals surface area contributed by atoms with Crippen molar-refractivity contribution >= 4 is 0 Å². The second-order valence-corrected chi connectivity index (χ2v) is 2.85. The zero-order chi connectivity index (χ0) is 12.9. The van der Waals surface area contributed by atoms with Gasteiger partial charge in [0.1, 0.15) is 0 Å². The van der Waals surface area contributed by atoms with E-state index in [9.17, 15) is 0 Å². The van der Waals surface area contributed by atoms with E-state index in [0.717, 1.165) is 19.3 Å². The van der Waals surface area contributed by atoms with Gasteiger partial charge in [-0.15, -0.1) is 0 Å². The maximum atomic E-state index is 3.60. The Morgan fingerprint density at radius 1 is 0.778 bits per heavy atom. The van der Waals surface area contributed by atoms with Crippen LogP contribution in [0.1, 0.15) is 59.3 Å². The van der Waals surface area contributed by atoms with Crippen molar-refractivity contribution in [1.29, 1.82) is 0 Å². The summed E-state index contributed by atoms with van der Waals surface area (Å²) in [4.78, 5) is 0. The molecule has 0 rings (SSSR count). The first-order valence-electron chi connectivity index (χ1n) is 5.94. The molecule has 0 aromatic carbocycles. The minimum atomic E-state index is 0. The molecule has 0 aromatic heterocycles. The average Bonchev–Trinajstić information content (AvgIpc) is 2.30. The molecule has 0 aromatic rings. The number of unbranched alkanes of at least 4 members (excludes halogenated alkanes) is 3. The fourth-order valence-electron chi connectivity index (χ4n) is 0. The SMILES string of the molecule is C=C[CH2-].[CH2-]CCC.[CH2-]CCC.[CH2-]CCC.[Li+].[Li+].[Mn+2]. The summed E-state index contributed by atoms with van der Waals surface area (Å²) >= 11 is 0. The fraction of sp³-hybridized carbons (Fsp3) is 0.600. The Morgan fingerprint density at radius 2 is 0.833 bits per heavy atom. The summed E-state index contributed by atoms with van der Waals surface area (Å²) in [7, 11) is 0. The molecule has 0 saturated heterocycles. The Hall–Kier alpha value is 1.32. The molecule has 0 bridgehead atoms. The van der Waals surface area contributed by atoms with Gasteiger partial charge in [0.15, 0.2) is 0 Å². The van der Waals surface area contributed by atoms with Crippen LogP contribution in [0, 0.1) is 27.7 Å². The van der Waals surface area contributed by atoms with E-state index < -0.39 is 0 Å². The molecular formula is C15H32Li2Mn. The van der Waals surface area contributed by atoms with Gasteiger partial charge in [0.2, 0.25) is 0 Å². The van der Waals surface area contributed by atoms with Crippen LogP contribution >= 0.6 is 0 Å². The number of hydrogen-bond acceptors (Lipinski definition) is 0. The second-order valence-electron chi connectivity index (χ2n) is 2.85. The molecule has 0 fully saturated rings. The normalized spacial score (nSPS) is 5.67. The van der Waals surface area contributed by atoms with Gasteiger partial charge >= 0.3 is 54.8 Å². The van der Waals surface area contributed by atoms with Gasteiger partial charge in [-0.2, -0.15) is 19.3 Å². The van der Waals surface area contributed by atoms with E-state index in [4.69, 9.17) is 0 Å². The van der Waals surface area contributed by atoms with Crippen molar-refractivity contribution in [2.24, 2.45) is 0 Å². The topological polar surface area (TPSA) is 0 Å². The summed E-state index contributed by atoms with van der Waals surface area (Å²) in [6.07, 6.45) is 8.33. The van der Waals surface area contributed by atoms with Gasteiger partial charge in [0, 0.05) is 0 Å². The Morgan fingerprint density at radius 3 is 0.833 bits per heavy atom. The molecule has 0 aliphatic rings. The molecular weight excluding hydrogens is 249 g/mol. The molecule has 1 radical (unpaired) electrons. The van der Waals surface area contributed by atoms with Crippen molar-refractivity contribution in [3.05, 3.63) is 40.3 Å². The van der Waals surface area contributed by atoms with E-state index >= 15 is 0 Å². The molecule has 0 atom stereocenters. The molecule has 101 valence electrons. The van der Waals surface area contributed by atoms with Gasteiger partial charge in [-0.3, -0.25) is 0 Å². The smallest absolute Gasteiger partial charge is 0.343 e. The number of hydrogen-bond donors (Lipinski definition) is 0. The number of allylic oxidation sites excluding steroid dienone is 1. The quantitative estimate of drug-likeness (QED) is 0.499. The summed E-state index contributed by atoms with van der Waals surface area (Å²) < 4.78 is 0. The third-order valence-electron chi connectivity index (χ3n) is 1.06. The number of rotatable bonds is 3. The molecule has 0 heterocycles. The van der Waals surface area contributed by atoms with Gasteiger partial charge in [-0.1, -0.05) is 40.0 Å². The van der Waals surface area contributed by atoms with E-state index in [2.05, 4.69) is 55.0 Å². The predicted octanol–water partition coefficient (Wildman–Crippen LogP) is -0.126. The zero-order valence-corrected chi connectivity index (χ0v) is 14.9. The van der Waals surface area contributed by atoms with E-state index in [1.807, 2.05) is 0 Å². The molecule has 0 amide bonds. The van der Waals surface area contributed by atoms with E-state index in [1.165, 1.54) is 25.3 Å². The second kappa shape index (κ2) is 79.4. The predicted molar refractivity (Wildman–Crippen MR) is 76.3 cm³/mol. The molecule has 18 heavy (non-hydrogen) atoms. The van der Waals surface area contributed by atoms with Gasteiger partial charge in [0.05, 0.1) is 0 Å². The van der Waals surface area contributed by atoms with Crippen LogP contribution in [-0.2, 0) is 17.1 Å². The third-order valence-corrected chi connectivity index (χ3v) is 1.06. The van der Waals surface area contributed by atoms with E-state index in [1.54, 1.807) is 0 Å². The zero-order valence-electron chi connectivity index (χ0n) is 13.7. The van der Waals surface area contributed by atoms with Crippen molar-refractivity contribution in [1.82, 2.24) is 0 Å². The molecule has 0 spiro atoms. The van der Waals surface area contributed by atoms with E-state index in [0.29, 0.717) is 0 Å².